The molecule has 3 rings (SSSR count). The summed E-state index contributed by atoms with van der Waals surface area (Å²) in [5.41, 5.74) is 2.25. The lowest BCUT2D eigenvalue weighted by molar-refractivity contribution is -0.130. The van der Waals surface area contributed by atoms with Crippen LogP contribution in [0.1, 0.15) is 11.3 Å². The number of benzene rings is 1. The van der Waals surface area contributed by atoms with Crippen molar-refractivity contribution in [2.75, 3.05) is 31.6 Å². The van der Waals surface area contributed by atoms with E-state index in [4.69, 9.17) is 4.42 Å². The molecule has 0 atom stereocenters. The van der Waals surface area contributed by atoms with Crippen LogP contribution in [0.5, 0.6) is 0 Å². The van der Waals surface area contributed by atoms with Gasteiger partial charge in [-0.1, -0.05) is 18.2 Å². The second-order valence-corrected chi connectivity index (χ2v) is 5.98. The number of likely N-dealkylation sites (N-methyl/N-ethyl adjacent to an activating group) is 1. The molecule has 2 aromatic rings. The maximum Gasteiger partial charge on any atom is 0.315 e. The third-order valence-electron chi connectivity index (χ3n) is 4.23. The lowest BCUT2D eigenvalue weighted by atomic mass is 10.1. The Morgan fingerprint density at radius 2 is 1.96 bits per heavy atom. The van der Waals surface area contributed by atoms with E-state index in [9.17, 15) is 9.59 Å². The van der Waals surface area contributed by atoms with Gasteiger partial charge in [0.15, 0.2) is 0 Å². The zero-order chi connectivity index (χ0) is 17.6. The van der Waals surface area contributed by atoms with E-state index in [1.54, 1.807) is 23.3 Å². The van der Waals surface area contributed by atoms with Gasteiger partial charge >= 0.3 is 6.03 Å². The van der Waals surface area contributed by atoms with Crippen molar-refractivity contribution in [2.45, 2.75) is 13.1 Å². The van der Waals surface area contributed by atoms with E-state index in [1.807, 2.05) is 25.2 Å². The number of para-hydroxylation sites is 1. The summed E-state index contributed by atoms with van der Waals surface area (Å²) >= 11 is 0. The standard InChI is InChI=1S/C18H22N4O3/c1-21-8-9-22(13-14-5-2-3-7-16(14)21)17(23)12-20-18(24)19-11-15-6-4-10-25-15/h2-7,10H,8-9,11-13H2,1H3,(H2,19,20,24). The fourth-order valence-corrected chi connectivity index (χ4v) is 2.82. The molecule has 1 aliphatic heterocycles. The predicted molar refractivity (Wildman–Crippen MR) is 94.1 cm³/mol. The minimum Gasteiger partial charge on any atom is -0.467 e. The highest BCUT2D eigenvalue weighted by Gasteiger charge is 2.21. The molecule has 132 valence electrons. The van der Waals surface area contributed by atoms with Gasteiger partial charge in [-0.2, -0.15) is 0 Å². The Morgan fingerprint density at radius 3 is 2.76 bits per heavy atom. The monoisotopic (exact) mass is 342 g/mol. The van der Waals surface area contributed by atoms with Crippen LogP contribution in [0.25, 0.3) is 0 Å². The summed E-state index contributed by atoms with van der Waals surface area (Å²) in [6.45, 7) is 2.19. The number of anilines is 1. The molecule has 2 heterocycles. The number of rotatable bonds is 4. The van der Waals surface area contributed by atoms with E-state index in [2.05, 4.69) is 21.6 Å². The van der Waals surface area contributed by atoms with Crippen molar-refractivity contribution in [3.63, 3.8) is 0 Å². The largest absolute Gasteiger partial charge is 0.467 e. The third kappa shape index (κ3) is 4.32. The second kappa shape index (κ2) is 7.74. The maximum atomic E-state index is 12.5. The number of nitrogens with zero attached hydrogens (tertiary/aromatic N) is 2. The van der Waals surface area contributed by atoms with Gasteiger partial charge in [-0.05, 0) is 23.8 Å². The van der Waals surface area contributed by atoms with Gasteiger partial charge in [-0.15, -0.1) is 0 Å². The normalized spacial score (nSPS) is 13.8. The number of hydrogen-bond donors (Lipinski definition) is 2. The van der Waals surface area contributed by atoms with Crippen LogP contribution in [0.4, 0.5) is 10.5 Å². The van der Waals surface area contributed by atoms with Crippen molar-refractivity contribution < 1.29 is 14.0 Å². The minimum absolute atomic E-state index is 0.0319. The number of furan rings is 1. The number of nitrogens with one attached hydrogen (secondary N) is 2. The summed E-state index contributed by atoms with van der Waals surface area (Å²) in [6, 6.07) is 11.2. The minimum atomic E-state index is -0.392. The van der Waals surface area contributed by atoms with Gasteiger partial charge in [0.25, 0.3) is 0 Å². The fourth-order valence-electron chi connectivity index (χ4n) is 2.82. The average Bonchev–Trinajstić information content (AvgIpc) is 3.09. The smallest absolute Gasteiger partial charge is 0.315 e. The van der Waals surface area contributed by atoms with Crippen LogP contribution in [0.3, 0.4) is 0 Å². The van der Waals surface area contributed by atoms with Gasteiger partial charge in [-0.3, -0.25) is 4.79 Å². The molecular formula is C18H22N4O3. The third-order valence-corrected chi connectivity index (χ3v) is 4.23. The SMILES string of the molecule is CN1CCN(C(=O)CNC(=O)NCc2ccco2)Cc2ccccc21. The first-order valence-corrected chi connectivity index (χ1v) is 8.24. The lowest BCUT2D eigenvalue weighted by Gasteiger charge is -2.21. The summed E-state index contributed by atoms with van der Waals surface area (Å²) in [5, 5.41) is 5.26. The van der Waals surface area contributed by atoms with E-state index < -0.39 is 6.03 Å². The van der Waals surface area contributed by atoms with E-state index in [1.165, 1.54) is 0 Å². The van der Waals surface area contributed by atoms with Crippen molar-refractivity contribution in [3.8, 4) is 0 Å². The number of fused-ring (bicyclic) bond motifs is 1. The number of amides is 3. The first kappa shape index (κ1) is 16.9. The van der Waals surface area contributed by atoms with Crippen LogP contribution in [-0.4, -0.2) is 43.5 Å². The van der Waals surface area contributed by atoms with Crippen molar-refractivity contribution >= 4 is 17.6 Å². The molecule has 3 amide bonds. The molecular weight excluding hydrogens is 320 g/mol. The molecule has 0 unspecified atom stereocenters. The van der Waals surface area contributed by atoms with Crippen LogP contribution < -0.4 is 15.5 Å². The fraction of sp³-hybridized carbons (Fsp3) is 0.333. The molecule has 0 fully saturated rings. The molecule has 0 saturated heterocycles. The summed E-state index contributed by atoms with van der Waals surface area (Å²) in [6.07, 6.45) is 1.55. The summed E-state index contributed by atoms with van der Waals surface area (Å²) in [5.74, 6) is 0.562. The molecule has 1 aromatic carbocycles. The molecule has 7 nitrogen and oxygen atoms in total. The second-order valence-electron chi connectivity index (χ2n) is 5.98. The molecule has 1 aromatic heterocycles. The summed E-state index contributed by atoms with van der Waals surface area (Å²) < 4.78 is 5.14. The van der Waals surface area contributed by atoms with Gasteiger partial charge in [0, 0.05) is 32.4 Å². The summed E-state index contributed by atoms with van der Waals surface area (Å²) in [4.78, 5) is 28.2. The number of carbonyl (C=O) groups is 2. The number of hydrogen-bond acceptors (Lipinski definition) is 4. The summed E-state index contributed by atoms with van der Waals surface area (Å²) in [7, 11) is 2.02. The Bertz CT molecular complexity index is 730. The average molecular weight is 342 g/mol. The molecule has 0 bridgehead atoms. The van der Waals surface area contributed by atoms with Crippen molar-refractivity contribution in [1.29, 1.82) is 0 Å². The zero-order valence-corrected chi connectivity index (χ0v) is 14.2. The van der Waals surface area contributed by atoms with Crippen molar-refractivity contribution in [2.24, 2.45) is 0 Å². The highest BCUT2D eigenvalue weighted by Crippen LogP contribution is 2.23. The van der Waals surface area contributed by atoms with Crippen molar-refractivity contribution in [1.82, 2.24) is 15.5 Å². The number of carbonyl (C=O) groups excluding carboxylic acids is 2. The van der Waals surface area contributed by atoms with E-state index in [0.29, 0.717) is 18.8 Å². The van der Waals surface area contributed by atoms with Gasteiger partial charge in [-0.25, -0.2) is 4.79 Å². The highest BCUT2D eigenvalue weighted by molar-refractivity contribution is 5.84. The maximum absolute atomic E-state index is 12.5. The van der Waals surface area contributed by atoms with Gasteiger partial charge in [0.2, 0.25) is 5.91 Å². The quantitative estimate of drug-likeness (QED) is 0.884. The molecule has 0 saturated carbocycles. The van der Waals surface area contributed by atoms with Gasteiger partial charge in [0.05, 0.1) is 19.4 Å². The van der Waals surface area contributed by atoms with E-state index in [-0.39, 0.29) is 19.0 Å². The van der Waals surface area contributed by atoms with Crippen LogP contribution in [0.15, 0.2) is 47.1 Å². The topological polar surface area (TPSA) is 77.8 Å². The van der Waals surface area contributed by atoms with Crippen LogP contribution in [0, 0.1) is 0 Å². The molecule has 0 aliphatic carbocycles. The van der Waals surface area contributed by atoms with Gasteiger partial charge in [0.1, 0.15) is 5.76 Å². The molecule has 0 radical (unpaired) electrons. The Kier molecular flexibility index (Phi) is 5.23. The Labute approximate surface area is 146 Å². The molecule has 7 heteroatoms. The molecule has 0 spiro atoms. The number of urea groups is 1. The molecule has 1 aliphatic rings. The van der Waals surface area contributed by atoms with E-state index >= 15 is 0 Å². The van der Waals surface area contributed by atoms with Gasteiger partial charge < -0.3 is 24.9 Å². The highest BCUT2D eigenvalue weighted by atomic mass is 16.3. The van der Waals surface area contributed by atoms with Crippen LogP contribution in [0.2, 0.25) is 0 Å². The van der Waals surface area contributed by atoms with Crippen molar-refractivity contribution in [3.05, 3.63) is 54.0 Å². The first-order valence-electron chi connectivity index (χ1n) is 8.24. The lowest BCUT2D eigenvalue weighted by Crippen LogP contribution is -2.44. The zero-order valence-electron chi connectivity index (χ0n) is 14.2. The Balaban J connectivity index is 1.50. The Hall–Kier alpha value is -2.96. The van der Waals surface area contributed by atoms with Crippen LogP contribution >= 0.6 is 0 Å². The first-order chi connectivity index (χ1) is 12.1. The van der Waals surface area contributed by atoms with E-state index in [0.717, 1.165) is 17.8 Å². The molecule has 25 heavy (non-hydrogen) atoms. The predicted octanol–water partition coefficient (Wildman–Crippen LogP) is 1.56. The Morgan fingerprint density at radius 1 is 1.12 bits per heavy atom. The van der Waals surface area contributed by atoms with Crippen LogP contribution in [-0.2, 0) is 17.9 Å². The molecule has 2 N–H and O–H groups in total.